The Morgan fingerprint density at radius 2 is 2.04 bits per heavy atom. The van der Waals surface area contributed by atoms with Crippen LogP contribution < -0.4 is 10.6 Å². The van der Waals surface area contributed by atoms with Crippen LogP contribution in [0.1, 0.15) is 40.0 Å². The van der Waals surface area contributed by atoms with Gasteiger partial charge in [0, 0.05) is 40.8 Å². The average molecular weight is 483 g/mol. The molecule has 0 spiro atoms. The van der Waals surface area contributed by atoms with Gasteiger partial charge in [0.1, 0.15) is 0 Å². The van der Waals surface area contributed by atoms with E-state index in [0.717, 1.165) is 51.4 Å². The van der Waals surface area contributed by atoms with Gasteiger partial charge in [-0.05, 0) is 46.6 Å². The lowest BCUT2D eigenvalue weighted by Crippen LogP contribution is -2.44. The van der Waals surface area contributed by atoms with E-state index in [2.05, 4.69) is 27.4 Å². The van der Waals surface area contributed by atoms with Crippen LogP contribution in [-0.4, -0.2) is 87.2 Å². The zero-order chi connectivity index (χ0) is 18.9. The Hall–Kier alpha value is -0.610. The molecular formula is C18H38IN5O2. The molecule has 2 N–H and O–H groups in total. The molecule has 0 aliphatic carbocycles. The highest BCUT2D eigenvalue weighted by molar-refractivity contribution is 14.0. The van der Waals surface area contributed by atoms with Crippen molar-refractivity contribution in [3.8, 4) is 0 Å². The molecule has 1 unspecified atom stereocenters. The van der Waals surface area contributed by atoms with E-state index in [9.17, 15) is 4.79 Å². The Kier molecular flexibility index (Phi) is 12.4. The third-order valence-electron chi connectivity index (χ3n) is 4.52. The second-order valence-corrected chi connectivity index (χ2v) is 7.37. The van der Waals surface area contributed by atoms with Gasteiger partial charge in [-0.15, -0.1) is 24.0 Å². The minimum absolute atomic E-state index is 0. The molecule has 1 amide bonds. The molecule has 1 atom stereocenters. The number of hydrogen-bond donors (Lipinski definition) is 2. The molecule has 1 aliphatic heterocycles. The van der Waals surface area contributed by atoms with E-state index in [4.69, 9.17) is 4.74 Å². The molecule has 0 aromatic rings. The van der Waals surface area contributed by atoms with E-state index in [-0.39, 0.29) is 41.5 Å². The molecule has 1 fully saturated rings. The summed E-state index contributed by atoms with van der Waals surface area (Å²) in [7, 11) is 5.37. The maximum Gasteiger partial charge on any atom is 0.239 e. The van der Waals surface area contributed by atoms with Gasteiger partial charge >= 0.3 is 0 Å². The lowest BCUT2D eigenvalue weighted by Gasteiger charge is -2.26. The van der Waals surface area contributed by atoms with Crippen LogP contribution in [-0.2, 0) is 9.53 Å². The summed E-state index contributed by atoms with van der Waals surface area (Å²) >= 11 is 0. The summed E-state index contributed by atoms with van der Waals surface area (Å²) in [5.41, 5.74) is -0.266. The predicted molar refractivity (Wildman–Crippen MR) is 118 cm³/mol. The zero-order valence-corrected chi connectivity index (χ0v) is 19.6. The van der Waals surface area contributed by atoms with E-state index < -0.39 is 0 Å². The van der Waals surface area contributed by atoms with Crippen LogP contribution in [0.3, 0.4) is 0 Å². The molecule has 0 saturated carbocycles. The number of amides is 1. The molecule has 0 aromatic carbocycles. The molecule has 7 nitrogen and oxygen atoms in total. The third-order valence-corrected chi connectivity index (χ3v) is 4.52. The Balaban J connectivity index is 0.00000625. The smallest absolute Gasteiger partial charge is 0.239 e. The molecule has 1 rings (SSSR count). The number of carbonyl (C=O) groups excluding carboxylic acids is 1. The fourth-order valence-electron chi connectivity index (χ4n) is 2.84. The number of methoxy groups -OCH3 is 1. The highest BCUT2D eigenvalue weighted by Crippen LogP contribution is 2.18. The number of carbonyl (C=O) groups is 1. The standard InChI is InChI=1S/C18H37N5O2.HI/c1-7-19-17(21-14-18(2,3)25-6)20-11-9-13-23-12-8-10-15(23)16(24)22(4)5;/h15H,7-14H2,1-6H3,(H2,19,20,21);1H. The Morgan fingerprint density at radius 3 is 2.62 bits per heavy atom. The highest BCUT2D eigenvalue weighted by Gasteiger charge is 2.30. The van der Waals surface area contributed by atoms with Gasteiger partial charge in [0.05, 0.1) is 18.2 Å². The van der Waals surface area contributed by atoms with Gasteiger partial charge in [-0.2, -0.15) is 0 Å². The number of halogens is 1. The number of nitrogens with one attached hydrogen (secondary N) is 2. The summed E-state index contributed by atoms with van der Waals surface area (Å²) in [6.07, 6.45) is 3.06. The van der Waals surface area contributed by atoms with Crippen molar-refractivity contribution in [2.45, 2.75) is 51.7 Å². The molecule has 26 heavy (non-hydrogen) atoms. The van der Waals surface area contributed by atoms with Crippen LogP contribution in [0, 0.1) is 0 Å². The lowest BCUT2D eigenvalue weighted by molar-refractivity contribution is -0.133. The quantitative estimate of drug-likeness (QED) is 0.225. The van der Waals surface area contributed by atoms with Crippen molar-refractivity contribution in [3.63, 3.8) is 0 Å². The van der Waals surface area contributed by atoms with Crippen LogP contribution in [0.2, 0.25) is 0 Å². The predicted octanol–water partition coefficient (Wildman–Crippen LogP) is 1.53. The maximum atomic E-state index is 12.2. The van der Waals surface area contributed by atoms with Gasteiger partial charge in [0.15, 0.2) is 5.96 Å². The Morgan fingerprint density at radius 1 is 1.35 bits per heavy atom. The topological polar surface area (TPSA) is 69.2 Å². The van der Waals surface area contributed by atoms with Crippen molar-refractivity contribution in [2.75, 3.05) is 53.9 Å². The molecule has 1 heterocycles. The summed E-state index contributed by atoms with van der Waals surface area (Å²) in [5.74, 6) is 1.04. The zero-order valence-electron chi connectivity index (χ0n) is 17.3. The van der Waals surface area contributed by atoms with Crippen LogP contribution in [0.5, 0.6) is 0 Å². The van der Waals surface area contributed by atoms with E-state index in [1.54, 1.807) is 12.0 Å². The van der Waals surface area contributed by atoms with Crippen molar-refractivity contribution in [2.24, 2.45) is 4.99 Å². The summed E-state index contributed by atoms with van der Waals surface area (Å²) < 4.78 is 5.41. The summed E-state index contributed by atoms with van der Waals surface area (Å²) in [5, 5.41) is 6.63. The number of aliphatic imine (C=N–C) groups is 1. The van der Waals surface area contributed by atoms with Crippen LogP contribution in [0.4, 0.5) is 0 Å². The first kappa shape index (κ1) is 25.4. The highest BCUT2D eigenvalue weighted by atomic mass is 127. The normalized spacial score (nSPS) is 18.4. The lowest BCUT2D eigenvalue weighted by atomic mass is 10.1. The first-order valence-electron chi connectivity index (χ1n) is 9.33. The Labute approximate surface area is 176 Å². The van der Waals surface area contributed by atoms with Crippen molar-refractivity contribution >= 4 is 35.8 Å². The minimum atomic E-state index is -0.266. The fraction of sp³-hybridized carbons (Fsp3) is 0.889. The monoisotopic (exact) mass is 483 g/mol. The van der Waals surface area contributed by atoms with Crippen LogP contribution >= 0.6 is 24.0 Å². The molecule has 0 radical (unpaired) electrons. The number of ether oxygens (including phenoxy) is 1. The maximum absolute atomic E-state index is 12.2. The van der Waals surface area contributed by atoms with Gasteiger partial charge < -0.3 is 20.3 Å². The van der Waals surface area contributed by atoms with Crippen molar-refractivity contribution < 1.29 is 9.53 Å². The van der Waals surface area contributed by atoms with Crippen LogP contribution in [0.25, 0.3) is 0 Å². The molecule has 1 saturated heterocycles. The molecule has 0 aromatic heterocycles. The largest absolute Gasteiger partial charge is 0.377 e. The van der Waals surface area contributed by atoms with E-state index >= 15 is 0 Å². The first-order valence-corrected chi connectivity index (χ1v) is 9.33. The van der Waals surface area contributed by atoms with Gasteiger partial charge in [-0.3, -0.25) is 14.7 Å². The van der Waals surface area contributed by atoms with Crippen molar-refractivity contribution in [1.29, 1.82) is 0 Å². The van der Waals surface area contributed by atoms with Gasteiger partial charge in [-0.25, -0.2) is 0 Å². The van der Waals surface area contributed by atoms with E-state index in [1.165, 1.54) is 0 Å². The molecular weight excluding hydrogens is 445 g/mol. The van der Waals surface area contributed by atoms with E-state index in [0.29, 0.717) is 6.54 Å². The van der Waals surface area contributed by atoms with E-state index in [1.807, 2.05) is 27.9 Å². The average Bonchev–Trinajstić information content (AvgIpc) is 3.04. The number of guanidine groups is 1. The van der Waals surface area contributed by atoms with Crippen molar-refractivity contribution in [1.82, 2.24) is 20.4 Å². The number of likely N-dealkylation sites (tertiary alicyclic amines) is 1. The number of hydrogen-bond acceptors (Lipinski definition) is 4. The first-order chi connectivity index (χ1) is 11.8. The number of nitrogens with zero attached hydrogens (tertiary/aromatic N) is 3. The summed E-state index contributed by atoms with van der Waals surface area (Å²) in [4.78, 5) is 20.8. The Bertz CT molecular complexity index is 443. The second-order valence-electron chi connectivity index (χ2n) is 7.37. The number of rotatable bonds is 9. The minimum Gasteiger partial charge on any atom is -0.377 e. The SMILES string of the molecule is CCNC(=NCC(C)(C)OC)NCCCN1CCCC1C(=O)N(C)C.I. The molecule has 0 bridgehead atoms. The van der Waals surface area contributed by atoms with Crippen LogP contribution in [0.15, 0.2) is 4.99 Å². The summed E-state index contributed by atoms with van der Waals surface area (Å²) in [6.45, 7) is 10.3. The molecule has 8 heteroatoms. The number of likely N-dealkylation sites (N-methyl/N-ethyl adjacent to an activating group) is 1. The summed E-state index contributed by atoms with van der Waals surface area (Å²) in [6, 6.07) is 0.0550. The fourth-order valence-corrected chi connectivity index (χ4v) is 2.84. The van der Waals surface area contributed by atoms with Crippen molar-refractivity contribution in [3.05, 3.63) is 0 Å². The third kappa shape index (κ3) is 8.85. The van der Waals surface area contributed by atoms with Gasteiger partial charge in [0.25, 0.3) is 0 Å². The molecule has 1 aliphatic rings. The van der Waals surface area contributed by atoms with Gasteiger partial charge in [0.2, 0.25) is 5.91 Å². The second kappa shape index (κ2) is 12.7. The van der Waals surface area contributed by atoms with Gasteiger partial charge in [-0.1, -0.05) is 0 Å². The molecule has 154 valence electrons.